The zero-order valence-corrected chi connectivity index (χ0v) is 25.2. The van der Waals surface area contributed by atoms with Crippen molar-refractivity contribution in [3.63, 3.8) is 0 Å². The molecular formula is C26H23F9O9S3. The number of aryl methyl sites for hydroxylation is 2. The molecule has 0 saturated heterocycles. The largest absolute Gasteiger partial charge is 0.534 e. The first kappa shape index (κ1) is 41.2. The molecule has 0 radical (unpaired) electrons. The van der Waals surface area contributed by atoms with Gasteiger partial charge in [0.2, 0.25) is 0 Å². The van der Waals surface area contributed by atoms with E-state index in [9.17, 15) is 69.9 Å². The molecule has 1 N–H and O–H groups in total. The van der Waals surface area contributed by atoms with E-state index >= 15 is 0 Å². The van der Waals surface area contributed by atoms with E-state index in [1.54, 1.807) is 24.3 Å². The molecule has 0 atom stereocenters. The van der Waals surface area contributed by atoms with Crippen molar-refractivity contribution in [1.82, 2.24) is 0 Å². The normalized spacial score (nSPS) is 12.7. The first-order valence-electron chi connectivity index (χ1n) is 11.7. The van der Waals surface area contributed by atoms with E-state index in [0.29, 0.717) is 11.1 Å². The van der Waals surface area contributed by atoms with Gasteiger partial charge in [0.05, 0.1) is 0 Å². The SMILES string of the molecule is C.Cc1ccc2ccc(O)cc2c1.Cc1ccc2ccc(OS(=O)(=O)C(F)(F)F)cc2c1.O=S(=O)(OS(=O)(=O)C(F)(F)F)C(F)(F)F. The summed E-state index contributed by atoms with van der Waals surface area (Å²) in [5.41, 5.74) is -15.8. The van der Waals surface area contributed by atoms with Crippen molar-refractivity contribution in [2.75, 3.05) is 0 Å². The third kappa shape index (κ3) is 11.1. The first-order valence-corrected chi connectivity index (χ1v) is 15.9. The molecule has 0 unspecified atom stereocenters. The maximum atomic E-state index is 12.2. The number of alkyl halides is 9. The Labute approximate surface area is 262 Å². The van der Waals surface area contributed by atoms with Gasteiger partial charge in [0.15, 0.2) is 0 Å². The smallest absolute Gasteiger partial charge is 0.508 e. The second kappa shape index (κ2) is 14.5. The van der Waals surface area contributed by atoms with Gasteiger partial charge in [0.1, 0.15) is 11.5 Å². The molecular weight excluding hydrogens is 723 g/mol. The Morgan fingerprint density at radius 2 is 0.872 bits per heavy atom. The van der Waals surface area contributed by atoms with Crippen LogP contribution in [-0.4, -0.2) is 46.9 Å². The molecule has 0 saturated carbocycles. The van der Waals surface area contributed by atoms with Crippen LogP contribution in [0, 0.1) is 13.8 Å². The summed E-state index contributed by atoms with van der Waals surface area (Å²) in [4.78, 5) is 0. The molecule has 0 amide bonds. The van der Waals surface area contributed by atoms with Crippen LogP contribution in [0.1, 0.15) is 18.6 Å². The maximum absolute atomic E-state index is 12.2. The van der Waals surface area contributed by atoms with Crippen molar-refractivity contribution >= 4 is 51.9 Å². The lowest BCUT2D eigenvalue weighted by Gasteiger charge is -2.10. The van der Waals surface area contributed by atoms with Crippen LogP contribution in [0.25, 0.3) is 21.5 Å². The van der Waals surface area contributed by atoms with E-state index in [2.05, 4.69) is 22.4 Å². The van der Waals surface area contributed by atoms with Crippen molar-refractivity contribution in [1.29, 1.82) is 0 Å². The second-order valence-corrected chi connectivity index (χ2v) is 13.7. The monoisotopic (exact) mass is 746 g/mol. The third-order valence-corrected chi connectivity index (χ3v) is 8.73. The molecule has 0 aliphatic rings. The Hall–Kier alpha value is -3.82. The predicted molar refractivity (Wildman–Crippen MR) is 152 cm³/mol. The summed E-state index contributed by atoms with van der Waals surface area (Å²) in [6.45, 7) is 3.86. The predicted octanol–water partition coefficient (Wildman–Crippen LogP) is 7.57. The van der Waals surface area contributed by atoms with Gasteiger partial charge in [-0.05, 0) is 59.7 Å². The van der Waals surface area contributed by atoms with Crippen LogP contribution in [0.2, 0.25) is 0 Å². The van der Waals surface area contributed by atoms with Crippen LogP contribution >= 0.6 is 0 Å². The van der Waals surface area contributed by atoms with E-state index in [4.69, 9.17) is 0 Å². The Kier molecular flexibility index (Phi) is 12.7. The molecule has 9 nitrogen and oxygen atoms in total. The minimum absolute atomic E-state index is 0. The van der Waals surface area contributed by atoms with E-state index in [0.717, 1.165) is 16.3 Å². The number of aromatic hydroxyl groups is 1. The molecule has 4 rings (SSSR count). The molecule has 47 heavy (non-hydrogen) atoms. The van der Waals surface area contributed by atoms with Gasteiger partial charge in [-0.2, -0.15) is 64.8 Å². The van der Waals surface area contributed by atoms with Crippen LogP contribution in [0.15, 0.2) is 72.8 Å². The van der Waals surface area contributed by atoms with Gasteiger partial charge >= 0.3 is 46.9 Å². The number of halogens is 9. The Bertz CT molecular complexity index is 1960. The molecule has 262 valence electrons. The molecule has 0 fully saturated rings. The van der Waals surface area contributed by atoms with Crippen molar-refractivity contribution in [2.45, 2.75) is 37.8 Å². The first-order chi connectivity index (χ1) is 20.6. The van der Waals surface area contributed by atoms with Crippen LogP contribution in [0.5, 0.6) is 11.5 Å². The van der Waals surface area contributed by atoms with E-state index < -0.39 is 46.9 Å². The van der Waals surface area contributed by atoms with Crippen molar-refractivity contribution in [3.05, 3.63) is 83.9 Å². The molecule has 0 aliphatic heterocycles. The molecule has 21 heteroatoms. The van der Waals surface area contributed by atoms with Gasteiger partial charge in [-0.15, -0.1) is 3.63 Å². The van der Waals surface area contributed by atoms with Crippen molar-refractivity contribution in [3.8, 4) is 11.5 Å². The summed E-state index contributed by atoms with van der Waals surface area (Å²) >= 11 is 0. The highest BCUT2D eigenvalue weighted by Crippen LogP contribution is 2.32. The number of hydrogen-bond acceptors (Lipinski definition) is 9. The lowest BCUT2D eigenvalue weighted by Crippen LogP contribution is -2.34. The lowest BCUT2D eigenvalue weighted by molar-refractivity contribution is -0.0586. The molecule has 4 aromatic carbocycles. The highest BCUT2D eigenvalue weighted by molar-refractivity contribution is 8.00. The standard InChI is InChI=1S/C12H9F3O3S.C11H10O.C2F6O5S2.CH4/c1-8-2-3-9-4-5-11(7-10(9)6-8)18-19(16,17)12(13,14)15;1-8-2-3-9-4-5-11(12)7-10(9)6-8;3-1(4,5)14(9,10)13-15(11,12)2(6,7)8;/h2-7H,1H3;2-7,12H,1H3;;1H4. The van der Waals surface area contributed by atoms with Gasteiger partial charge in [-0.25, -0.2) is 0 Å². The van der Waals surface area contributed by atoms with Gasteiger partial charge in [-0.3, -0.25) is 0 Å². The Morgan fingerprint density at radius 1 is 0.511 bits per heavy atom. The van der Waals surface area contributed by atoms with Gasteiger partial charge < -0.3 is 9.29 Å². The minimum Gasteiger partial charge on any atom is -0.508 e. The van der Waals surface area contributed by atoms with Crippen LogP contribution in [-0.2, 0) is 34.0 Å². The number of phenolic OH excluding ortho intramolecular Hbond substituents is 1. The number of rotatable bonds is 4. The van der Waals surface area contributed by atoms with Crippen molar-refractivity contribution < 1.29 is 77.7 Å². The maximum Gasteiger partial charge on any atom is 0.534 e. The zero-order chi connectivity index (χ0) is 35.5. The fourth-order valence-electron chi connectivity index (χ4n) is 3.12. The minimum atomic E-state index is -6.85. The Morgan fingerprint density at radius 3 is 1.28 bits per heavy atom. The van der Waals surface area contributed by atoms with Crippen LogP contribution < -0.4 is 4.18 Å². The fraction of sp³-hybridized carbons (Fsp3) is 0.231. The summed E-state index contributed by atoms with van der Waals surface area (Å²) in [6, 6.07) is 20.9. The average Bonchev–Trinajstić information content (AvgIpc) is 2.86. The molecule has 0 aliphatic carbocycles. The van der Waals surface area contributed by atoms with Crippen molar-refractivity contribution in [2.24, 2.45) is 0 Å². The van der Waals surface area contributed by atoms with Gasteiger partial charge in [0, 0.05) is 0 Å². The highest BCUT2D eigenvalue weighted by Gasteiger charge is 2.57. The van der Waals surface area contributed by atoms with Crippen LogP contribution in [0.4, 0.5) is 39.5 Å². The highest BCUT2D eigenvalue weighted by atomic mass is 32.3. The summed E-state index contributed by atoms with van der Waals surface area (Å²) in [5, 5.41) is 12.9. The molecule has 0 bridgehead atoms. The average molecular weight is 747 g/mol. The van der Waals surface area contributed by atoms with Crippen LogP contribution in [0.3, 0.4) is 0 Å². The summed E-state index contributed by atoms with van der Waals surface area (Å²) in [7, 11) is -19.3. The topological polar surface area (TPSA) is 141 Å². The number of benzene rings is 4. The van der Waals surface area contributed by atoms with Gasteiger partial charge in [-0.1, -0.05) is 67.1 Å². The zero-order valence-electron chi connectivity index (χ0n) is 22.8. The third-order valence-electron chi connectivity index (χ3n) is 5.18. The Balaban J connectivity index is 0.000000358. The lowest BCUT2D eigenvalue weighted by atomic mass is 10.1. The number of phenols is 1. The van der Waals surface area contributed by atoms with E-state index in [-0.39, 0.29) is 13.2 Å². The molecule has 4 aromatic rings. The van der Waals surface area contributed by atoms with E-state index in [1.807, 2.05) is 29.6 Å². The second-order valence-electron chi connectivity index (χ2n) is 8.90. The molecule has 0 heterocycles. The van der Waals surface area contributed by atoms with Gasteiger partial charge in [0.25, 0.3) is 0 Å². The summed E-state index contributed by atoms with van der Waals surface area (Å²) in [5.74, 6) is -0.0384. The van der Waals surface area contributed by atoms with E-state index in [1.165, 1.54) is 29.1 Å². The number of hydrogen-bond donors (Lipinski definition) is 1. The molecule has 0 aromatic heterocycles. The summed E-state index contributed by atoms with van der Waals surface area (Å²) < 4.78 is 172. The molecule has 0 spiro atoms. The fourth-order valence-corrected chi connectivity index (χ4v) is 5.13. The number of fused-ring (bicyclic) bond motifs is 2. The quantitative estimate of drug-likeness (QED) is 0.127. The summed E-state index contributed by atoms with van der Waals surface area (Å²) in [6.07, 6.45) is 0.